The van der Waals surface area contributed by atoms with Crippen LogP contribution in [-0.4, -0.2) is 30.8 Å². The molecule has 3 atom stereocenters. The van der Waals surface area contributed by atoms with E-state index in [0.717, 1.165) is 30.5 Å². The van der Waals surface area contributed by atoms with E-state index in [2.05, 4.69) is 71.9 Å². The van der Waals surface area contributed by atoms with Crippen LogP contribution in [-0.2, 0) is 0 Å². The summed E-state index contributed by atoms with van der Waals surface area (Å²) in [5.41, 5.74) is 4.11. The van der Waals surface area contributed by atoms with Gasteiger partial charge in [-0.25, -0.2) is 0 Å². The van der Waals surface area contributed by atoms with Gasteiger partial charge in [0, 0.05) is 5.41 Å². The SMILES string of the molecule is CC[N+](CC)(CC)c1ccc(C=C2C3CCC(C)(C2O)C3(C)C)cc1. The van der Waals surface area contributed by atoms with Crippen molar-refractivity contribution in [2.24, 2.45) is 16.7 Å². The van der Waals surface area contributed by atoms with Crippen LogP contribution >= 0.6 is 0 Å². The van der Waals surface area contributed by atoms with Gasteiger partial charge in [-0.05, 0) is 80.3 Å². The lowest BCUT2D eigenvalue weighted by atomic mass is 9.70. The Balaban J connectivity index is 1.91. The molecule has 0 aromatic heterocycles. The molecule has 2 saturated carbocycles. The largest absolute Gasteiger partial charge is 0.388 e. The first-order valence-corrected chi connectivity index (χ1v) is 10.1. The molecular formula is C23H36NO+. The highest BCUT2D eigenvalue weighted by atomic mass is 16.3. The summed E-state index contributed by atoms with van der Waals surface area (Å²) < 4.78 is 1.03. The fourth-order valence-electron chi connectivity index (χ4n) is 5.63. The summed E-state index contributed by atoms with van der Waals surface area (Å²) in [7, 11) is 0. The van der Waals surface area contributed by atoms with Gasteiger partial charge in [0.25, 0.3) is 0 Å². The summed E-state index contributed by atoms with van der Waals surface area (Å²) in [6.45, 7) is 17.2. The highest BCUT2D eigenvalue weighted by molar-refractivity contribution is 5.60. The molecule has 3 unspecified atom stereocenters. The molecule has 2 nitrogen and oxygen atoms in total. The van der Waals surface area contributed by atoms with Gasteiger partial charge in [-0.3, -0.25) is 4.48 Å². The van der Waals surface area contributed by atoms with Crippen LogP contribution in [0, 0.1) is 16.7 Å². The zero-order chi connectivity index (χ0) is 18.5. The zero-order valence-corrected chi connectivity index (χ0v) is 17.0. The second kappa shape index (κ2) is 6.25. The topological polar surface area (TPSA) is 20.2 Å². The van der Waals surface area contributed by atoms with Crippen molar-refractivity contribution < 1.29 is 5.11 Å². The molecule has 2 aliphatic carbocycles. The van der Waals surface area contributed by atoms with Gasteiger partial charge in [0.15, 0.2) is 0 Å². The Bertz CT molecular complexity index is 645. The summed E-state index contributed by atoms with van der Waals surface area (Å²) >= 11 is 0. The minimum Gasteiger partial charge on any atom is -0.388 e. The molecule has 1 aromatic carbocycles. The Kier molecular flexibility index (Phi) is 4.66. The van der Waals surface area contributed by atoms with E-state index in [1.807, 2.05) is 0 Å². The molecule has 0 radical (unpaired) electrons. The highest BCUT2D eigenvalue weighted by Gasteiger charge is 2.63. The molecule has 1 N–H and O–H groups in total. The van der Waals surface area contributed by atoms with E-state index in [1.54, 1.807) is 0 Å². The lowest BCUT2D eigenvalue weighted by Gasteiger charge is -2.36. The molecule has 1 aromatic rings. The molecule has 0 amide bonds. The van der Waals surface area contributed by atoms with E-state index in [4.69, 9.17) is 0 Å². The van der Waals surface area contributed by atoms with Crippen molar-refractivity contribution in [3.63, 3.8) is 0 Å². The van der Waals surface area contributed by atoms with Crippen LogP contribution in [0.5, 0.6) is 0 Å². The molecule has 2 heteroatoms. The molecule has 0 spiro atoms. The molecule has 0 saturated heterocycles. The lowest BCUT2D eigenvalue weighted by molar-refractivity contribution is 0.0264. The Morgan fingerprint density at radius 1 is 1.04 bits per heavy atom. The summed E-state index contributed by atoms with van der Waals surface area (Å²) in [6, 6.07) is 9.05. The van der Waals surface area contributed by atoms with Crippen molar-refractivity contribution in [2.75, 3.05) is 19.6 Å². The third-order valence-corrected chi connectivity index (χ3v) is 8.21. The van der Waals surface area contributed by atoms with Gasteiger partial charge in [0.05, 0.1) is 25.7 Å². The van der Waals surface area contributed by atoms with E-state index in [1.165, 1.54) is 23.2 Å². The second-order valence-electron chi connectivity index (χ2n) is 8.96. The first-order valence-electron chi connectivity index (χ1n) is 10.1. The molecule has 138 valence electrons. The van der Waals surface area contributed by atoms with Gasteiger partial charge >= 0.3 is 0 Å². The van der Waals surface area contributed by atoms with Crippen molar-refractivity contribution in [1.82, 2.24) is 4.48 Å². The van der Waals surface area contributed by atoms with Crippen molar-refractivity contribution in [3.05, 3.63) is 35.4 Å². The van der Waals surface area contributed by atoms with Gasteiger partial charge < -0.3 is 5.11 Å². The predicted octanol–water partition coefficient (Wildman–Crippen LogP) is 5.25. The number of aliphatic hydroxyl groups excluding tert-OH is 1. The van der Waals surface area contributed by atoms with Crippen LogP contribution in [0.2, 0.25) is 0 Å². The van der Waals surface area contributed by atoms with Crippen molar-refractivity contribution in [2.45, 2.75) is 60.5 Å². The summed E-state index contributed by atoms with van der Waals surface area (Å²) in [5.74, 6) is 0.518. The Hall–Kier alpha value is -1.12. The molecule has 0 heterocycles. The minimum atomic E-state index is -0.294. The summed E-state index contributed by atoms with van der Waals surface area (Å²) in [4.78, 5) is 0. The fraction of sp³-hybridized carbons (Fsp3) is 0.652. The van der Waals surface area contributed by atoms with Crippen LogP contribution in [0.1, 0.15) is 59.9 Å². The minimum absolute atomic E-state index is 0.0299. The average molecular weight is 343 g/mol. The van der Waals surface area contributed by atoms with Gasteiger partial charge in [0.1, 0.15) is 5.69 Å². The van der Waals surface area contributed by atoms with Crippen LogP contribution < -0.4 is 4.48 Å². The number of hydrogen-bond acceptors (Lipinski definition) is 1. The molecular weight excluding hydrogens is 306 g/mol. The quantitative estimate of drug-likeness (QED) is 0.724. The fourth-order valence-corrected chi connectivity index (χ4v) is 5.63. The maximum absolute atomic E-state index is 11.0. The van der Waals surface area contributed by atoms with E-state index in [0.29, 0.717) is 5.92 Å². The number of aliphatic hydroxyl groups is 1. The lowest BCUT2D eigenvalue weighted by Crippen LogP contribution is -2.48. The molecule has 2 bridgehead atoms. The maximum atomic E-state index is 11.0. The van der Waals surface area contributed by atoms with Crippen LogP contribution in [0.25, 0.3) is 6.08 Å². The van der Waals surface area contributed by atoms with E-state index in [9.17, 15) is 5.11 Å². The standard InChI is InChI=1S/C23H36NO/c1-7-24(8-2,9-3)18-12-10-17(11-13-18)16-19-20-14-15-23(6,21(19)25)22(20,4)5/h10-13,16,20-21,25H,7-9,14-15H2,1-6H3/q+1. The molecule has 2 fully saturated rings. The van der Waals surface area contributed by atoms with E-state index in [-0.39, 0.29) is 16.9 Å². The number of hydrogen-bond donors (Lipinski definition) is 1. The first kappa shape index (κ1) is 18.7. The van der Waals surface area contributed by atoms with Crippen molar-refractivity contribution in [1.29, 1.82) is 0 Å². The molecule has 25 heavy (non-hydrogen) atoms. The smallest absolute Gasteiger partial charge is 0.132 e. The zero-order valence-electron chi connectivity index (χ0n) is 17.0. The Morgan fingerprint density at radius 3 is 2.04 bits per heavy atom. The van der Waals surface area contributed by atoms with Gasteiger partial charge in [-0.2, -0.15) is 0 Å². The van der Waals surface area contributed by atoms with Crippen molar-refractivity contribution >= 4 is 11.8 Å². The molecule has 3 rings (SSSR count). The maximum Gasteiger partial charge on any atom is 0.132 e. The molecule has 2 aliphatic rings. The average Bonchev–Trinajstić information content (AvgIpc) is 2.92. The Labute approximate surface area is 154 Å². The first-order chi connectivity index (χ1) is 11.8. The van der Waals surface area contributed by atoms with Crippen LogP contribution in [0.3, 0.4) is 0 Å². The molecule has 0 aliphatic heterocycles. The number of benzene rings is 1. The van der Waals surface area contributed by atoms with E-state index >= 15 is 0 Å². The van der Waals surface area contributed by atoms with Gasteiger partial charge in [-0.1, -0.05) is 26.8 Å². The van der Waals surface area contributed by atoms with E-state index < -0.39 is 0 Å². The third kappa shape index (κ3) is 2.52. The highest BCUT2D eigenvalue weighted by Crippen LogP contribution is 2.67. The normalized spacial score (nSPS) is 32.5. The summed E-state index contributed by atoms with van der Waals surface area (Å²) in [5, 5.41) is 11.0. The Morgan fingerprint density at radius 2 is 1.60 bits per heavy atom. The number of nitrogens with zero attached hydrogens (tertiary/aromatic N) is 1. The third-order valence-electron chi connectivity index (χ3n) is 8.21. The van der Waals surface area contributed by atoms with Crippen LogP contribution in [0.15, 0.2) is 29.8 Å². The summed E-state index contributed by atoms with van der Waals surface area (Å²) in [6.07, 6.45) is 4.33. The second-order valence-corrected chi connectivity index (χ2v) is 8.96. The number of rotatable bonds is 5. The van der Waals surface area contributed by atoms with Crippen LogP contribution in [0.4, 0.5) is 5.69 Å². The predicted molar refractivity (Wildman–Crippen MR) is 108 cm³/mol. The monoisotopic (exact) mass is 342 g/mol. The van der Waals surface area contributed by atoms with Crippen molar-refractivity contribution in [3.8, 4) is 0 Å². The van der Waals surface area contributed by atoms with Gasteiger partial charge in [-0.15, -0.1) is 0 Å². The number of quaternary nitrogens is 1. The van der Waals surface area contributed by atoms with Gasteiger partial charge in [0.2, 0.25) is 0 Å². The number of fused-ring (bicyclic) bond motifs is 2.